The van der Waals surface area contributed by atoms with Crippen LogP contribution in [-0.2, 0) is 4.79 Å². The maximum Gasteiger partial charge on any atom is 0.254 e. The number of carbonyl (C=O) groups is 2. The molecule has 1 N–H and O–H groups in total. The number of halogens is 3. The van der Waals surface area contributed by atoms with Crippen LogP contribution in [0.3, 0.4) is 0 Å². The molecule has 0 spiro atoms. The minimum atomic E-state index is -0.350. The second-order valence-electron chi connectivity index (χ2n) is 4.90. The van der Waals surface area contributed by atoms with E-state index in [1.165, 1.54) is 12.1 Å². The molecule has 0 unspecified atom stereocenters. The van der Waals surface area contributed by atoms with Gasteiger partial charge in [-0.05, 0) is 18.6 Å². The molecule has 1 aromatic rings. The Balaban J connectivity index is 2.05. The van der Waals surface area contributed by atoms with Gasteiger partial charge in [0.15, 0.2) is 0 Å². The summed E-state index contributed by atoms with van der Waals surface area (Å²) in [6, 6.07) is 2.87. The Morgan fingerprint density at radius 2 is 1.90 bits per heavy atom. The van der Waals surface area contributed by atoms with Crippen LogP contribution in [0.4, 0.5) is 0 Å². The first-order chi connectivity index (χ1) is 9.92. The maximum atomic E-state index is 12.3. The molecule has 4 nitrogen and oxygen atoms in total. The first-order valence-electron chi connectivity index (χ1n) is 6.65. The van der Waals surface area contributed by atoms with Crippen molar-refractivity contribution in [1.82, 2.24) is 10.2 Å². The molecule has 2 amide bonds. The lowest BCUT2D eigenvalue weighted by Gasteiger charge is -2.17. The third-order valence-corrected chi connectivity index (χ3v) is 4.23. The van der Waals surface area contributed by atoms with Crippen molar-refractivity contribution in [3.63, 3.8) is 0 Å². The van der Waals surface area contributed by atoms with Gasteiger partial charge in [-0.3, -0.25) is 9.59 Å². The van der Waals surface area contributed by atoms with Crippen LogP contribution in [0.2, 0.25) is 15.1 Å². The Morgan fingerprint density at radius 3 is 2.48 bits per heavy atom. The number of hydrogen-bond acceptors (Lipinski definition) is 2. The minimum absolute atomic E-state index is 0.0872. The molecular weight excluding hydrogens is 335 g/mol. The van der Waals surface area contributed by atoms with Gasteiger partial charge in [-0.2, -0.15) is 0 Å². The van der Waals surface area contributed by atoms with Crippen molar-refractivity contribution in [3.05, 3.63) is 32.8 Å². The van der Waals surface area contributed by atoms with Crippen LogP contribution in [0.25, 0.3) is 0 Å². The van der Waals surface area contributed by atoms with Crippen molar-refractivity contribution in [2.45, 2.75) is 25.8 Å². The van der Waals surface area contributed by atoms with Gasteiger partial charge in [-0.1, -0.05) is 41.7 Å². The van der Waals surface area contributed by atoms with Crippen LogP contribution in [0.1, 0.15) is 30.1 Å². The number of amides is 2. The van der Waals surface area contributed by atoms with E-state index < -0.39 is 0 Å². The molecule has 1 heterocycles. The van der Waals surface area contributed by atoms with E-state index in [2.05, 4.69) is 5.32 Å². The van der Waals surface area contributed by atoms with Gasteiger partial charge in [-0.25, -0.2) is 0 Å². The molecule has 7 heteroatoms. The Morgan fingerprint density at radius 1 is 1.29 bits per heavy atom. The highest BCUT2D eigenvalue weighted by Gasteiger charge is 2.27. The van der Waals surface area contributed by atoms with E-state index in [1.807, 2.05) is 6.92 Å². The van der Waals surface area contributed by atoms with Crippen LogP contribution < -0.4 is 5.32 Å². The zero-order valence-corrected chi connectivity index (χ0v) is 13.7. The molecule has 0 saturated carbocycles. The Kier molecular flexibility index (Phi) is 5.36. The lowest BCUT2D eigenvalue weighted by atomic mass is 10.2. The van der Waals surface area contributed by atoms with Gasteiger partial charge in [0.2, 0.25) is 5.91 Å². The Hall–Kier alpha value is -0.970. The SMILES string of the molecule is CCC(=O)N1CC[C@H](NC(=O)c2c(Cl)cc(Cl)cc2Cl)C1. The maximum absolute atomic E-state index is 12.3. The second kappa shape index (κ2) is 6.86. The predicted octanol–water partition coefficient (Wildman–Crippen LogP) is 3.39. The molecule has 1 saturated heterocycles. The average Bonchev–Trinajstić information content (AvgIpc) is 2.85. The van der Waals surface area contributed by atoms with Crippen LogP contribution in [0.5, 0.6) is 0 Å². The van der Waals surface area contributed by atoms with Crippen LogP contribution in [0, 0.1) is 0 Å². The summed E-state index contributed by atoms with van der Waals surface area (Å²) in [5.41, 5.74) is 0.211. The first-order valence-corrected chi connectivity index (χ1v) is 7.79. The van der Waals surface area contributed by atoms with Crippen molar-refractivity contribution >= 4 is 46.6 Å². The molecule has 1 fully saturated rings. The number of likely N-dealkylation sites (tertiary alicyclic amines) is 1. The third-order valence-electron chi connectivity index (χ3n) is 3.41. The minimum Gasteiger partial charge on any atom is -0.347 e. The van der Waals surface area contributed by atoms with E-state index in [9.17, 15) is 9.59 Å². The van der Waals surface area contributed by atoms with Gasteiger partial charge in [0.25, 0.3) is 5.91 Å². The van der Waals surface area contributed by atoms with E-state index in [1.54, 1.807) is 4.90 Å². The molecule has 0 radical (unpaired) electrons. The normalized spacial score (nSPS) is 17.9. The summed E-state index contributed by atoms with van der Waals surface area (Å²) in [6.07, 6.45) is 1.19. The summed E-state index contributed by atoms with van der Waals surface area (Å²) in [4.78, 5) is 25.6. The van der Waals surface area contributed by atoms with Crippen molar-refractivity contribution in [1.29, 1.82) is 0 Å². The monoisotopic (exact) mass is 348 g/mol. The molecule has 0 bridgehead atoms. The van der Waals surface area contributed by atoms with Gasteiger partial charge in [0.05, 0.1) is 15.6 Å². The smallest absolute Gasteiger partial charge is 0.254 e. The largest absolute Gasteiger partial charge is 0.347 e. The number of nitrogens with zero attached hydrogens (tertiary/aromatic N) is 1. The standard InChI is InChI=1S/C14H15Cl3N2O2/c1-2-12(20)19-4-3-9(7-19)18-14(21)13-10(16)5-8(15)6-11(13)17/h5-6,9H,2-4,7H2,1H3,(H,18,21)/t9-/m0/s1. The van der Waals surface area contributed by atoms with Gasteiger partial charge in [0.1, 0.15) is 0 Å². The molecule has 114 valence electrons. The highest BCUT2D eigenvalue weighted by Crippen LogP contribution is 2.29. The Bertz CT molecular complexity index is 554. The first kappa shape index (κ1) is 16.4. The number of nitrogens with one attached hydrogen (secondary N) is 1. The molecule has 2 rings (SSSR count). The van der Waals surface area contributed by atoms with Gasteiger partial charge < -0.3 is 10.2 Å². The summed E-state index contributed by atoms with van der Waals surface area (Å²) in [5, 5.41) is 3.66. The van der Waals surface area contributed by atoms with Gasteiger partial charge in [-0.15, -0.1) is 0 Å². The van der Waals surface area contributed by atoms with Crippen molar-refractivity contribution in [2.24, 2.45) is 0 Å². The van der Waals surface area contributed by atoms with E-state index in [0.717, 1.165) is 6.42 Å². The zero-order chi connectivity index (χ0) is 15.6. The van der Waals surface area contributed by atoms with E-state index in [-0.39, 0.29) is 33.5 Å². The fraction of sp³-hybridized carbons (Fsp3) is 0.429. The lowest BCUT2D eigenvalue weighted by Crippen LogP contribution is -2.38. The zero-order valence-electron chi connectivity index (χ0n) is 11.5. The fourth-order valence-electron chi connectivity index (χ4n) is 2.34. The summed E-state index contributed by atoms with van der Waals surface area (Å²) in [5.74, 6) is -0.258. The summed E-state index contributed by atoms with van der Waals surface area (Å²) in [7, 11) is 0. The summed E-state index contributed by atoms with van der Waals surface area (Å²) < 4.78 is 0. The van der Waals surface area contributed by atoms with Crippen molar-refractivity contribution in [2.75, 3.05) is 13.1 Å². The quantitative estimate of drug-likeness (QED) is 0.909. The van der Waals surface area contributed by atoms with E-state index >= 15 is 0 Å². The molecule has 0 aromatic heterocycles. The molecule has 1 aliphatic heterocycles. The highest BCUT2D eigenvalue weighted by molar-refractivity contribution is 6.42. The highest BCUT2D eigenvalue weighted by atomic mass is 35.5. The van der Waals surface area contributed by atoms with Gasteiger partial charge >= 0.3 is 0 Å². The van der Waals surface area contributed by atoms with Crippen molar-refractivity contribution < 1.29 is 9.59 Å². The lowest BCUT2D eigenvalue weighted by molar-refractivity contribution is -0.129. The molecule has 1 aromatic carbocycles. The van der Waals surface area contributed by atoms with E-state index in [0.29, 0.717) is 24.5 Å². The van der Waals surface area contributed by atoms with Crippen molar-refractivity contribution in [3.8, 4) is 0 Å². The van der Waals surface area contributed by atoms with Crippen LogP contribution in [-0.4, -0.2) is 35.8 Å². The topological polar surface area (TPSA) is 49.4 Å². The Labute approximate surface area is 138 Å². The molecule has 1 atom stereocenters. The number of carbonyl (C=O) groups excluding carboxylic acids is 2. The van der Waals surface area contributed by atoms with Crippen LogP contribution >= 0.6 is 34.8 Å². The fourth-order valence-corrected chi connectivity index (χ4v) is 3.33. The molecule has 1 aliphatic rings. The number of hydrogen-bond donors (Lipinski definition) is 1. The summed E-state index contributed by atoms with van der Waals surface area (Å²) in [6.45, 7) is 2.99. The molecular formula is C14H15Cl3N2O2. The summed E-state index contributed by atoms with van der Waals surface area (Å²) >= 11 is 17.9. The third kappa shape index (κ3) is 3.82. The van der Waals surface area contributed by atoms with Crippen LogP contribution in [0.15, 0.2) is 12.1 Å². The second-order valence-corrected chi connectivity index (χ2v) is 6.15. The predicted molar refractivity (Wildman–Crippen MR) is 84.2 cm³/mol. The molecule has 0 aliphatic carbocycles. The number of benzene rings is 1. The molecule has 21 heavy (non-hydrogen) atoms. The average molecular weight is 350 g/mol. The van der Waals surface area contributed by atoms with Gasteiger partial charge in [0, 0.05) is 30.6 Å². The number of rotatable bonds is 3. The van der Waals surface area contributed by atoms with E-state index in [4.69, 9.17) is 34.8 Å².